The van der Waals surface area contributed by atoms with Crippen molar-refractivity contribution in [3.8, 4) is 22.9 Å². The minimum absolute atomic E-state index is 0.0986. The normalized spacial score (nSPS) is 12.5. The highest BCUT2D eigenvalue weighted by molar-refractivity contribution is 7.98. The second-order valence-electron chi connectivity index (χ2n) is 7.39. The molecule has 170 valence electrons. The lowest BCUT2D eigenvalue weighted by Crippen LogP contribution is -2.23. The molecule has 9 nitrogen and oxygen atoms in total. The predicted molar refractivity (Wildman–Crippen MR) is 119 cm³/mol. The van der Waals surface area contributed by atoms with Crippen LogP contribution in [0.25, 0.3) is 22.3 Å². The molecule has 3 aromatic heterocycles. The average Bonchev–Trinajstić information content (AvgIpc) is 3.61. The van der Waals surface area contributed by atoms with Gasteiger partial charge in [0.1, 0.15) is 11.6 Å². The van der Waals surface area contributed by atoms with Gasteiger partial charge in [-0.3, -0.25) is 9.36 Å². The molecule has 1 aliphatic rings. The van der Waals surface area contributed by atoms with Gasteiger partial charge in [-0.05, 0) is 42.5 Å². The molecule has 0 atom stereocenters. The number of furan rings is 1. The van der Waals surface area contributed by atoms with Crippen molar-refractivity contribution in [2.75, 3.05) is 6.79 Å². The minimum atomic E-state index is -0.345. The molecule has 0 unspecified atom stereocenters. The summed E-state index contributed by atoms with van der Waals surface area (Å²) in [5.74, 6) is 2.28. The molecule has 0 amide bonds. The van der Waals surface area contributed by atoms with E-state index in [1.54, 1.807) is 42.7 Å². The summed E-state index contributed by atoms with van der Waals surface area (Å²) in [6.45, 7) is 0.303. The van der Waals surface area contributed by atoms with Crippen LogP contribution < -0.4 is 15.0 Å². The number of aromatic nitrogens is 4. The molecular formula is C23H15FN4O5S. The number of hydrogen-bond acceptors (Lipinski definition) is 9. The first-order valence-electron chi connectivity index (χ1n) is 10.2. The maximum atomic E-state index is 13.4. The number of hydrogen-bond donors (Lipinski definition) is 0. The summed E-state index contributed by atoms with van der Waals surface area (Å²) in [6.07, 6.45) is 1.55. The van der Waals surface area contributed by atoms with Crippen LogP contribution in [0.2, 0.25) is 0 Å². The van der Waals surface area contributed by atoms with Crippen LogP contribution in [0.15, 0.2) is 73.7 Å². The molecule has 5 aromatic rings. The Bertz CT molecular complexity index is 1550. The molecule has 34 heavy (non-hydrogen) atoms. The lowest BCUT2D eigenvalue weighted by Gasteiger charge is -2.12. The van der Waals surface area contributed by atoms with E-state index in [1.807, 2.05) is 0 Å². The summed E-state index contributed by atoms with van der Waals surface area (Å²) in [4.78, 5) is 22.5. The van der Waals surface area contributed by atoms with Crippen LogP contribution in [0.1, 0.15) is 11.7 Å². The van der Waals surface area contributed by atoms with Gasteiger partial charge in [-0.25, -0.2) is 9.37 Å². The molecule has 0 fully saturated rings. The van der Waals surface area contributed by atoms with E-state index in [0.29, 0.717) is 50.6 Å². The molecule has 0 bridgehead atoms. The average molecular weight is 478 g/mol. The van der Waals surface area contributed by atoms with Crippen LogP contribution in [0.4, 0.5) is 4.39 Å². The van der Waals surface area contributed by atoms with Gasteiger partial charge in [-0.15, -0.1) is 0 Å². The number of rotatable bonds is 6. The van der Waals surface area contributed by atoms with Crippen molar-refractivity contribution in [2.24, 2.45) is 0 Å². The number of fused-ring (bicyclic) bond motifs is 2. The third kappa shape index (κ3) is 3.79. The first-order chi connectivity index (χ1) is 16.6. The zero-order valence-corrected chi connectivity index (χ0v) is 18.3. The summed E-state index contributed by atoms with van der Waals surface area (Å²) in [7, 11) is 0. The molecule has 6 rings (SSSR count). The van der Waals surface area contributed by atoms with E-state index >= 15 is 0 Å². The van der Waals surface area contributed by atoms with Crippen molar-refractivity contribution in [2.45, 2.75) is 17.5 Å². The van der Waals surface area contributed by atoms with Gasteiger partial charge in [0.25, 0.3) is 5.56 Å². The maximum absolute atomic E-state index is 13.4. The van der Waals surface area contributed by atoms with Crippen molar-refractivity contribution in [3.63, 3.8) is 0 Å². The van der Waals surface area contributed by atoms with Crippen molar-refractivity contribution in [3.05, 3.63) is 82.6 Å². The molecule has 0 saturated heterocycles. The quantitative estimate of drug-likeness (QED) is 0.262. The van der Waals surface area contributed by atoms with Gasteiger partial charge in [-0.1, -0.05) is 16.9 Å². The molecule has 0 saturated carbocycles. The van der Waals surface area contributed by atoms with E-state index in [2.05, 4.69) is 10.1 Å². The Morgan fingerprint density at radius 3 is 2.68 bits per heavy atom. The fourth-order valence-electron chi connectivity index (χ4n) is 3.55. The summed E-state index contributed by atoms with van der Waals surface area (Å²) >= 11 is 1.28. The minimum Gasteiger partial charge on any atom is -0.467 e. The largest absolute Gasteiger partial charge is 0.467 e. The van der Waals surface area contributed by atoms with E-state index in [-0.39, 0.29) is 30.5 Å². The Kier molecular flexibility index (Phi) is 5.02. The van der Waals surface area contributed by atoms with E-state index in [9.17, 15) is 9.18 Å². The Morgan fingerprint density at radius 1 is 1.06 bits per heavy atom. The summed E-state index contributed by atoms with van der Waals surface area (Å²) < 4.78 is 36.4. The molecule has 0 radical (unpaired) electrons. The fraction of sp³-hybridized carbons (Fsp3) is 0.130. The van der Waals surface area contributed by atoms with Gasteiger partial charge in [0.2, 0.25) is 18.5 Å². The predicted octanol–water partition coefficient (Wildman–Crippen LogP) is 4.25. The van der Waals surface area contributed by atoms with Crippen molar-refractivity contribution in [1.29, 1.82) is 0 Å². The number of benzene rings is 2. The molecule has 2 aromatic carbocycles. The first kappa shape index (κ1) is 20.5. The van der Waals surface area contributed by atoms with Gasteiger partial charge in [0.15, 0.2) is 16.7 Å². The van der Waals surface area contributed by atoms with Crippen molar-refractivity contribution in [1.82, 2.24) is 19.7 Å². The topological polar surface area (TPSA) is 105 Å². The number of halogens is 1. The van der Waals surface area contributed by atoms with Crippen LogP contribution in [0.3, 0.4) is 0 Å². The molecule has 1 aliphatic heterocycles. The summed E-state index contributed by atoms with van der Waals surface area (Å²) in [5, 5.41) is 4.83. The molecule has 0 spiro atoms. The Balaban J connectivity index is 1.34. The highest BCUT2D eigenvalue weighted by atomic mass is 32.2. The summed E-state index contributed by atoms with van der Waals surface area (Å²) in [5.41, 5.74) is 0.890. The highest BCUT2D eigenvalue weighted by Crippen LogP contribution is 2.35. The van der Waals surface area contributed by atoms with Crippen LogP contribution in [-0.2, 0) is 12.3 Å². The number of thioether (sulfide) groups is 1. The van der Waals surface area contributed by atoms with Crippen LogP contribution in [-0.4, -0.2) is 26.5 Å². The first-order valence-corrected chi connectivity index (χ1v) is 11.2. The third-order valence-corrected chi connectivity index (χ3v) is 6.16. The van der Waals surface area contributed by atoms with Gasteiger partial charge >= 0.3 is 0 Å². The van der Waals surface area contributed by atoms with Gasteiger partial charge in [0.05, 0.1) is 29.5 Å². The molecule has 11 heteroatoms. The van der Waals surface area contributed by atoms with E-state index in [0.717, 1.165) is 0 Å². The fourth-order valence-corrected chi connectivity index (χ4v) is 4.39. The zero-order valence-electron chi connectivity index (χ0n) is 17.4. The molecule has 0 aliphatic carbocycles. The van der Waals surface area contributed by atoms with Gasteiger partial charge < -0.3 is 18.4 Å². The lowest BCUT2D eigenvalue weighted by molar-refractivity contribution is 0.174. The van der Waals surface area contributed by atoms with Crippen LogP contribution >= 0.6 is 11.8 Å². The second kappa shape index (κ2) is 8.34. The molecule has 4 heterocycles. The Morgan fingerprint density at radius 2 is 1.88 bits per heavy atom. The standard InChI is InChI=1S/C23H15FN4O5S/c24-14-5-3-13(4-6-14)21-26-20(33-27-21)11-34-23-25-17-9-19-18(31-12-32-19)8-16(17)22(29)28(23)10-15-2-1-7-30-15/h1-9H,10-12H2. The number of nitrogens with zero attached hydrogens (tertiary/aromatic N) is 4. The van der Waals surface area contributed by atoms with Crippen molar-refractivity contribution < 1.29 is 22.8 Å². The highest BCUT2D eigenvalue weighted by Gasteiger charge is 2.20. The lowest BCUT2D eigenvalue weighted by atomic mass is 10.2. The maximum Gasteiger partial charge on any atom is 0.262 e. The zero-order chi connectivity index (χ0) is 23.1. The Labute approximate surface area is 195 Å². The van der Waals surface area contributed by atoms with E-state index < -0.39 is 0 Å². The van der Waals surface area contributed by atoms with E-state index in [4.69, 9.17) is 23.4 Å². The van der Waals surface area contributed by atoms with E-state index in [1.165, 1.54) is 28.5 Å². The van der Waals surface area contributed by atoms with Crippen molar-refractivity contribution >= 4 is 22.7 Å². The smallest absolute Gasteiger partial charge is 0.262 e. The number of ether oxygens (including phenoxy) is 2. The van der Waals surface area contributed by atoms with Gasteiger partial charge in [0, 0.05) is 11.6 Å². The Hall–Kier alpha value is -4.12. The van der Waals surface area contributed by atoms with Crippen LogP contribution in [0, 0.1) is 5.82 Å². The molecular weight excluding hydrogens is 463 g/mol. The molecule has 0 N–H and O–H groups in total. The van der Waals surface area contributed by atoms with Gasteiger partial charge in [-0.2, -0.15) is 4.98 Å². The monoisotopic (exact) mass is 478 g/mol. The SMILES string of the molecule is O=c1c2cc3c(cc2nc(SCc2nc(-c4ccc(F)cc4)no2)n1Cc1ccco1)OCO3. The van der Waals surface area contributed by atoms with Crippen LogP contribution in [0.5, 0.6) is 11.5 Å². The second-order valence-corrected chi connectivity index (χ2v) is 8.34. The third-order valence-electron chi connectivity index (χ3n) is 5.20. The summed E-state index contributed by atoms with van der Waals surface area (Å²) in [6, 6.07) is 12.7.